The third-order valence-electron chi connectivity index (χ3n) is 1.30. The highest BCUT2D eigenvalue weighted by Crippen LogP contribution is 2.02. The number of rotatable bonds is 4. The smallest absolute Gasteiger partial charge is 0.122 e. The molecule has 60 valence electrons. The van der Waals surface area contributed by atoms with Crippen molar-refractivity contribution >= 4 is 0 Å². The van der Waals surface area contributed by atoms with E-state index in [1.54, 1.807) is 6.08 Å². The molecular weight excluding hydrogens is 130 g/mol. The molecule has 0 aromatic rings. The normalized spacial score (nSPS) is 15.0. The van der Waals surface area contributed by atoms with Gasteiger partial charge in [-0.25, -0.2) is 0 Å². The van der Waals surface area contributed by atoms with Gasteiger partial charge in [0.15, 0.2) is 0 Å². The van der Waals surface area contributed by atoms with Crippen LogP contribution in [0.5, 0.6) is 0 Å². The molecule has 0 spiro atoms. The molecule has 0 fully saturated rings. The summed E-state index contributed by atoms with van der Waals surface area (Å²) in [6.07, 6.45) is 2.60. The van der Waals surface area contributed by atoms with Crippen molar-refractivity contribution in [2.24, 2.45) is 5.90 Å². The van der Waals surface area contributed by atoms with Crippen LogP contribution >= 0.6 is 0 Å². The first kappa shape index (κ1) is 9.46. The van der Waals surface area contributed by atoms with Crippen LogP contribution in [0, 0.1) is 0 Å². The summed E-state index contributed by atoms with van der Waals surface area (Å²) in [5.74, 6) is 5.54. The van der Waals surface area contributed by atoms with Crippen LogP contribution in [0.15, 0.2) is 11.8 Å². The fourth-order valence-corrected chi connectivity index (χ4v) is 0.573. The standard InChI is InChI=1S/C7H15NO2/c1-3-6(9)5-7(4-2)10-8/h5-6,9H,3-4,8H2,1-2H3. The van der Waals surface area contributed by atoms with E-state index in [9.17, 15) is 0 Å². The van der Waals surface area contributed by atoms with E-state index in [2.05, 4.69) is 4.84 Å². The van der Waals surface area contributed by atoms with Gasteiger partial charge in [0.05, 0.1) is 6.10 Å². The lowest BCUT2D eigenvalue weighted by Crippen LogP contribution is -2.05. The zero-order valence-electron chi connectivity index (χ0n) is 6.50. The molecule has 0 bridgehead atoms. The molecule has 0 heterocycles. The van der Waals surface area contributed by atoms with Crippen LogP contribution in [0.1, 0.15) is 26.7 Å². The minimum absolute atomic E-state index is 0.432. The SMILES string of the molecule is CCC(=CC(O)CC)ON. The Labute approximate surface area is 61.4 Å². The summed E-state index contributed by atoms with van der Waals surface area (Å²) in [7, 11) is 0. The number of aliphatic hydroxyl groups excluding tert-OH is 1. The highest BCUT2D eigenvalue weighted by Gasteiger charge is 1.98. The minimum Gasteiger partial charge on any atom is -0.416 e. The summed E-state index contributed by atoms with van der Waals surface area (Å²) in [5, 5.41) is 9.08. The van der Waals surface area contributed by atoms with E-state index in [0.29, 0.717) is 18.6 Å². The largest absolute Gasteiger partial charge is 0.416 e. The Kier molecular flexibility index (Phi) is 4.98. The van der Waals surface area contributed by atoms with E-state index >= 15 is 0 Å². The Hall–Kier alpha value is -0.540. The van der Waals surface area contributed by atoms with Gasteiger partial charge in [-0.05, 0) is 12.5 Å². The molecular formula is C7H15NO2. The van der Waals surface area contributed by atoms with Crippen LogP contribution < -0.4 is 5.90 Å². The van der Waals surface area contributed by atoms with E-state index in [-0.39, 0.29) is 0 Å². The Bertz CT molecular complexity index is 106. The van der Waals surface area contributed by atoms with Gasteiger partial charge in [-0.1, -0.05) is 13.8 Å². The molecule has 0 saturated carbocycles. The first-order valence-corrected chi connectivity index (χ1v) is 3.50. The Morgan fingerprint density at radius 1 is 1.70 bits per heavy atom. The van der Waals surface area contributed by atoms with Crippen LogP contribution in [-0.4, -0.2) is 11.2 Å². The zero-order valence-corrected chi connectivity index (χ0v) is 6.50. The molecule has 0 radical (unpaired) electrons. The third-order valence-corrected chi connectivity index (χ3v) is 1.30. The number of hydrogen-bond acceptors (Lipinski definition) is 3. The van der Waals surface area contributed by atoms with E-state index in [1.807, 2.05) is 13.8 Å². The maximum atomic E-state index is 9.08. The molecule has 0 aromatic carbocycles. The van der Waals surface area contributed by atoms with Crippen molar-refractivity contribution in [3.05, 3.63) is 11.8 Å². The second-order valence-electron chi connectivity index (χ2n) is 2.08. The molecule has 0 saturated heterocycles. The fourth-order valence-electron chi connectivity index (χ4n) is 0.573. The van der Waals surface area contributed by atoms with Crippen LogP contribution in [0.3, 0.4) is 0 Å². The van der Waals surface area contributed by atoms with Gasteiger partial charge >= 0.3 is 0 Å². The first-order valence-electron chi connectivity index (χ1n) is 3.50. The summed E-state index contributed by atoms with van der Waals surface area (Å²) < 4.78 is 0. The lowest BCUT2D eigenvalue weighted by Gasteiger charge is -2.04. The molecule has 1 unspecified atom stereocenters. The minimum atomic E-state index is -0.432. The Morgan fingerprint density at radius 3 is 2.60 bits per heavy atom. The summed E-state index contributed by atoms with van der Waals surface area (Å²) in [4.78, 5) is 4.47. The maximum Gasteiger partial charge on any atom is 0.122 e. The average molecular weight is 145 g/mol. The van der Waals surface area contributed by atoms with Gasteiger partial charge in [0.25, 0.3) is 0 Å². The van der Waals surface area contributed by atoms with Crippen molar-refractivity contribution in [1.82, 2.24) is 0 Å². The summed E-state index contributed by atoms with van der Waals surface area (Å²) in [6, 6.07) is 0. The summed E-state index contributed by atoms with van der Waals surface area (Å²) in [5.41, 5.74) is 0. The predicted molar refractivity (Wildman–Crippen MR) is 39.9 cm³/mol. The van der Waals surface area contributed by atoms with Crippen LogP contribution in [0.25, 0.3) is 0 Å². The highest BCUT2D eigenvalue weighted by molar-refractivity contribution is 4.95. The van der Waals surface area contributed by atoms with Crippen molar-refractivity contribution in [3.8, 4) is 0 Å². The van der Waals surface area contributed by atoms with Crippen LogP contribution in [-0.2, 0) is 4.84 Å². The quantitative estimate of drug-likeness (QED) is 0.457. The Morgan fingerprint density at radius 2 is 2.30 bits per heavy atom. The first-order chi connectivity index (χ1) is 4.74. The van der Waals surface area contributed by atoms with Gasteiger partial charge in [0, 0.05) is 6.42 Å². The summed E-state index contributed by atoms with van der Waals surface area (Å²) >= 11 is 0. The van der Waals surface area contributed by atoms with Crippen LogP contribution in [0.4, 0.5) is 0 Å². The second-order valence-corrected chi connectivity index (χ2v) is 2.08. The van der Waals surface area contributed by atoms with E-state index in [4.69, 9.17) is 11.0 Å². The second kappa shape index (κ2) is 5.26. The lowest BCUT2D eigenvalue weighted by molar-refractivity contribution is 0.183. The fraction of sp³-hybridized carbons (Fsp3) is 0.714. The highest BCUT2D eigenvalue weighted by atomic mass is 16.6. The van der Waals surface area contributed by atoms with Gasteiger partial charge in [-0.15, -0.1) is 0 Å². The van der Waals surface area contributed by atoms with Crippen molar-refractivity contribution in [2.75, 3.05) is 0 Å². The number of aliphatic hydroxyl groups is 1. The van der Waals surface area contributed by atoms with Crippen LogP contribution in [0.2, 0.25) is 0 Å². The molecule has 10 heavy (non-hydrogen) atoms. The van der Waals surface area contributed by atoms with E-state index in [1.165, 1.54) is 0 Å². The Balaban J connectivity index is 3.83. The molecule has 0 amide bonds. The van der Waals surface area contributed by atoms with Crippen molar-refractivity contribution < 1.29 is 9.94 Å². The third kappa shape index (κ3) is 3.48. The molecule has 3 heteroatoms. The van der Waals surface area contributed by atoms with Crippen molar-refractivity contribution in [1.29, 1.82) is 0 Å². The average Bonchev–Trinajstić information content (AvgIpc) is 1.99. The van der Waals surface area contributed by atoms with E-state index in [0.717, 1.165) is 0 Å². The van der Waals surface area contributed by atoms with Gasteiger partial charge in [0.2, 0.25) is 0 Å². The van der Waals surface area contributed by atoms with Gasteiger partial charge in [0.1, 0.15) is 5.76 Å². The molecule has 3 nitrogen and oxygen atoms in total. The lowest BCUT2D eigenvalue weighted by atomic mass is 10.2. The molecule has 0 aliphatic carbocycles. The number of hydrogen-bond donors (Lipinski definition) is 2. The summed E-state index contributed by atoms with van der Waals surface area (Å²) in [6.45, 7) is 3.81. The molecule has 0 rings (SSSR count). The van der Waals surface area contributed by atoms with Crippen molar-refractivity contribution in [2.45, 2.75) is 32.8 Å². The molecule has 3 N–H and O–H groups in total. The molecule has 0 aliphatic heterocycles. The number of allylic oxidation sites excluding steroid dienone is 1. The molecule has 0 aromatic heterocycles. The van der Waals surface area contributed by atoms with E-state index < -0.39 is 6.10 Å². The number of nitrogens with two attached hydrogens (primary N) is 1. The monoisotopic (exact) mass is 145 g/mol. The molecule has 0 aliphatic rings. The van der Waals surface area contributed by atoms with Gasteiger partial charge in [-0.3, -0.25) is 0 Å². The van der Waals surface area contributed by atoms with Gasteiger partial charge in [-0.2, -0.15) is 5.90 Å². The maximum absolute atomic E-state index is 9.08. The van der Waals surface area contributed by atoms with Crippen molar-refractivity contribution in [3.63, 3.8) is 0 Å². The zero-order chi connectivity index (χ0) is 7.98. The predicted octanol–water partition coefficient (Wildman–Crippen LogP) is 0.942. The molecule has 1 atom stereocenters. The van der Waals surface area contributed by atoms with Gasteiger partial charge < -0.3 is 9.94 Å². The topological polar surface area (TPSA) is 55.5 Å².